The zero-order valence-electron chi connectivity index (χ0n) is 14.6. The molecule has 26 heavy (non-hydrogen) atoms. The van der Waals surface area contributed by atoms with Crippen LogP contribution in [0, 0.1) is 5.82 Å². The summed E-state index contributed by atoms with van der Waals surface area (Å²) >= 11 is 0. The van der Waals surface area contributed by atoms with Crippen molar-refractivity contribution in [3.8, 4) is 5.75 Å². The second kappa shape index (κ2) is 8.77. The van der Waals surface area contributed by atoms with Crippen LogP contribution in [-0.2, 0) is 16.4 Å². The number of carbonyl (C=O) groups is 1. The van der Waals surface area contributed by atoms with Crippen molar-refractivity contribution in [2.75, 3.05) is 20.7 Å². The maximum atomic E-state index is 13.9. The van der Waals surface area contributed by atoms with Gasteiger partial charge < -0.3 is 10.1 Å². The normalized spacial score (nSPS) is 11.2. The summed E-state index contributed by atoms with van der Waals surface area (Å²) in [5, 5.41) is 2.61. The molecule has 0 aliphatic carbocycles. The predicted octanol–water partition coefficient (Wildman–Crippen LogP) is 2.10. The van der Waals surface area contributed by atoms with Crippen LogP contribution in [0.25, 0.3) is 0 Å². The maximum absolute atomic E-state index is 13.9. The number of aryl methyl sites for hydroxylation is 1. The van der Waals surface area contributed by atoms with Crippen molar-refractivity contribution in [3.05, 3.63) is 59.4 Å². The van der Waals surface area contributed by atoms with Gasteiger partial charge in [0, 0.05) is 6.54 Å². The van der Waals surface area contributed by atoms with Crippen LogP contribution in [0.4, 0.5) is 4.39 Å². The van der Waals surface area contributed by atoms with E-state index < -0.39 is 21.7 Å². The van der Waals surface area contributed by atoms with Gasteiger partial charge >= 0.3 is 0 Å². The van der Waals surface area contributed by atoms with Crippen LogP contribution in [0.3, 0.4) is 0 Å². The Balaban J connectivity index is 1.94. The molecule has 0 atom stereocenters. The highest BCUT2D eigenvalue weighted by atomic mass is 32.2. The number of nitrogens with one attached hydrogen (secondary N) is 2. The van der Waals surface area contributed by atoms with Crippen molar-refractivity contribution in [1.29, 1.82) is 0 Å². The highest BCUT2D eigenvalue weighted by Gasteiger charge is 2.18. The quantitative estimate of drug-likeness (QED) is 0.687. The van der Waals surface area contributed by atoms with E-state index in [9.17, 15) is 17.6 Å². The van der Waals surface area contributed by atoms with E-state index in [2.05, 4.69) is 10.0 Å². The molecule has 2 aromatic carbocycles. The first-order valence-corrected chi connectivity index (χ1v) is 9.50. The van der Waals surface area contributed by atoms with E-state index in [1.165, 1.54) is 7.05 Å². The predicted molar refractivity (Wildman–Crippen MR) is 96.3 cm³/mol. The summed E-state index contributed by atoms with van der Waals surface area (Å²) < 4.78 is 44.6. The average molecular weight is 380 g/mol. The van der Waals surface area contributed by atoms with Gasteiger partial charge in [-0.05, 0) is 55.8 Å². The molecule has 140 valence electrons. The molecule has 0 unspecified atom stereocenters. The summed E-state index contributed by atoms with van der Waals surface area (Å²) in [6.45, 7) is 0.341. The number of halogens is 1. The Labute approximate surface area is 152 Å². The molecule has 0 spiro atoms. The number of hydrogen-bond donors (Lipinski definition) is 2. The van der Waals surface area contributed by atoms with Gasteiger partial charge in [0.15, 0.2) is 0 Å². The molecule has 2 rings (SSSR count). The minimum Gasteiger partial charge on any atom is -0.497 e. The lowest BCUT2D eigenvalue weighted by atomic mass is 10.1. The van der Waals surface area contributed by atoms with Crippen molar-refractivity contribution in [1.82, 2.24) is 10.0 Å². The Bertz CT molecular complexity index is 867. The van der Waals surface area contributed by atoms with Gasteiger partial charge in [-0.25, -0.2) is 17.5 Å². The molecule has 0 aliphatic rings. The molecule has 0 saturated carbocycles. The molecule has 0 saturated heterocycles. The van der Waals surface area contributed by atoms with E-state index in [0.29, 0.717) is 13.0 Å². The lowest BCUT2D eigenvalue weighted by molar-refractivity contribution is 0.0949. The van der Waals surface area contributed by atoms with Gasteiger partial charge in [-0.1, -0.05) is 12.1 Å². The fraction of sp³-hybridized carbons (Fsp3) is 0.278. The van der Waals surface area contributed by atoms with E-state index in [1.807, 2.05) is 24.3 Å². The Morgan fingerprint density at radius 2 is 1.85 bits per heavy atom. The third kappa shape index (κ3) is 5.03. The molecule has 0 heterocycles. The van der Waals surface area contributed by atoms with Gasteiger partial charge in [-0.2, -0.15) is 0 Å². The lowest BCUT2D eigenvalue weighted by Crippen LogP contribution is -2.26. The number of carbonyl (C=O) groups excluding carboxylic acids is 1. The van der Waals surface area contributed by atoms with Crippen molar-refractivity contribution in [3.63, 3.8) is 0 Å². The van der Waals surface area contributed by atoms with Crippen LogP contribution >= 0.6 is 0 Å². The second-order valence-electron chi connectivity index (χ2n) is 5.56. The molecular weight excluding hydrogens is 359 g/mol. The minimum atomic E-state index is -3.74. The Hall–Kier alpha value is -2.45. The van der Waals surface area contributed by atoms with Gasteiger partial charge in [-0.15, -0.1) is 0 Å². The fourth-order valence-corrected chi connectivity index (χ4v) is 3.10. The summed E-state index contributed by atoms with van der Waals surface area (Å²) in [5.41, 5.74) is 0.791. The average Bonchev–Trinajstić information content (AvgIpc) is 2.65. The standard InChI is InChI=1S/C18H21FN2O4S/c1-20-26(23,24)15-9-10-17(19)16(12-15)18(22)21-11-3-4-13-5-7-14(25-2)8-6-13/h5-10,12,20H,3-4,11H2,1-2H3,(H,21,22). The van der Waals surface area contributed by atoms with Crippen LogP contribution in [0.1, 0.15) is 22.3 Å². The van der Waals surface area contributed by atoms with Gasteiger partial charge in [0.25, 0.3) is 5.91 Å². The zero-order chi connectivity index (χ0) is 19.2. The highest BCUT2D eigenvalue weighted by molar-refractivity contribution is 7.89. The van der Waals surface area contributed by atoms with Crippen molar-refractivity contribution >= 4 is 15.9 Å². The van der Waals surface area contributed by atoms with Gasteiger partial charge in [0.2, 0.25) is 10.0 Å². The Morgan fingerprint density at radius 1 is 1.15 bits per heavy atom. The molecule has 6 nitrogen and oxygen atoms in total. The summed E-state index contributed by atoms with van der Waals surface area (Å²) in [4.78, 5) is 12.0. The topological polar surface area (TPSA) is 84.5 Å². The molecule has 8 heteroatoms. The summed E-state index contributed by atoms with van der Waals surface area (Å²) in [7, 11) is -0.900. The van der Waals surface area contributed by atoms with E-state index in [1.54, 1.807) is 7.11 Å². The largest absolute Gasteiger partial charge is 0.497 e. The van der Waals surface area contributed by atoms with Crippen LogP contribution in [-0.4, -0.2) is 35.0 Å². The third-order valence-electron chi connectivity index (χ3n) is 3.85. The SMILES string of the molecule is CNS(=O)(=O)c1ccc(F)c(C(=O)NCCCc2ccc(OC)cc2)c1. The lowest BCUT2D eigenvalue weighted by Gasteiger charge is -2.09. The van der Waals surface area contributed by atoms with Crippen LogP contribution < -0.4 is 14.8 Å². The first-order valence-electron chi connectivity index (χ1n) is 8.01. The highest BCUT2D eigenvalue weighted by Crippen LogP contribution is 2.15. The third-order valence-corrected chi connectivity index (χ3v) is 5.26. The number of sulfonamides is 1. The smallest absolute Gasteiger partial charge is 0.254 e. The molecule has 2 N–H and O–H groups in total. The number of rotatable bonds is 8. The van der Waals surface area contributed by atoms with Crippen molar-refractivity contribution in [2.45, 2.75) is 17.7 Å². The van der Waals surface area contributed by atoms with E-state index in [0.717, 1.165) is 35.9 Å². The minimum absolute atomic E-state index is 0.162. The van der Waals surface area contributed by atoms with Crippen LogP contribution in [0.2, 0.25) is 0 Å². The van der Waals surface area contributed by atoms with E-state index >= 15 is 0 Å². The van der Waals surface area contributed by atoms with Crippen molar-refractivity contribution < 1.29 is 22.3 Å². The molecular formula is C18H21FN2O4S. The van der Waals surface area contributed by atoms with Crippen LogP contribution in [0.5, 0.6) is 5.75 Å². The second-order valence-corrected chi connectivity index (χ2v) is 7.44. The molecule has 0 aromatic heterocycles. The maximum Gasteiger partial charge on any atom is 0.254 e. The molecule has 0 aliphatic heterocycles. The van der Waals surface area contributed by atoms with Gasteiger partial charge in [0.05, 0.1) is 17.6 Å². The van der Waals surface area contributed by atoms with Crippen LogP contribution in [0.15, 0.2) is 47.4 Å². The number of hydrogen-bond acceptors (Lipinski definition) is 4. The fourth-order valence-electron chi connectivity index (χ4n) is 2.35. The molecule has 2 aromatic rings. The molecule has 0 fully saturated rings. The van der Waals surface area contributed by atoms with Crippen molar-refractivity contribution in [2.24, 2.45) is 0 Å². The molecule has 1 amide bonds. The van der Waals surface area contributed by atoms with Gasteiger partial charge in [0.1, 0.15) is 11.6 Å². The van der Waals surface area contributed by atoms with Gasteiger partial charge in [-0.3, -0.25) is 4.79 Å². The molecule has 0 bridgehead atoms. The number of ether oxygens (including phenoxy) is 1. The molecule has 0 radical (unpaired) electrons. The first kappa shape index (κ1) is 19.9. The van der Waals surface area contributed by atoms with E-state index in [4.69, 9.17) is 4.74 Å². The summed E-state index contributed by atoms with van der Waals surface area (Å²) in [6.07, 6.45) is 1.40. The van der Waals surface area contributed by atoms with E-state index in [-0.39, 0.29) is 10.5 Å². The zero-order valence-corrected chi connectivity index (χ0v) is 15.4. The number of amides is 1. The first-order chi connectivity index (χ1) is 12.4. The Morgan fingerprint density at radius 3 is 2.46 bits per heavy atom. The number of methoxy groups -OCH3 is 1. The summed E-state index contributed by atoms with van der Waals surface area (Å²) in [5.74, 6) is -0.646. The summed E-state index contributed by atoms with van der Waals surface area (Å²) in [6, 6.07) is 10.7. The number of benzene rings is 2. The monoisotopic (exact) mass is 380 g/mol. The Kier molecular flexibility index (Phi) is 6.70.